The minimum absolute atomic E-state index is 0. The number of hydrogen-bond acceptors (Lipinski definition) is 8. The molecule has 0 fully saturated rings. The fourth-order valence-corrected chi connectivity index (χ4v) is 3.72. The maximum absolute atomic E-state index is 12.8. The van der Waals surface area contributed by atoms with Gasteiger partial charge in [0.05, 0.1) is 13.1 Å². The van der Waals surface area contributed by atoms with Gasteiger partial charge in [-0.3, -0.25) is 19.6 Å². The zero-order chi connectivity index (χ0) is 24.7. The zero-order valence-electron chi connectivity index (χ0n) is 20.3. The van der Waals surface area contributed by atoms with Gasteiger partial charge in [0, 0.05) is 47.0 Å². The van der Waals surface area contributed by atoms with E-state index >= 15 is 0 Å². The minimum Gasteiger partial charge on any atom is -0.354 e. The van der Waals surface area contributed by atoms with Crippen molar-refractivity contribution in [3.8, 4) is 0 Å². The lowest BCUT2D eigenvalue weighted by Crippen LogP contribution is -2.26. The van der Waals surface area contributed by atoms with E-state index in [9.17, 15) is 9.59 Å². The Bertz CT molecular complexity index is 1230. The van der Waals surface area contributed by atoms with Crippen molar-refractivity contribution in [2.45, 2.75) is 0 Å². The molecule has 6 N–H and O–H groups in total. The number of amides is 2. The highest BCUT2D eigenvalue weighted by atomic mass is 35.5. The normalized spacial score (nSPS) is 13.4. The predicted octanol–water partition coefficient (Wildman–Crippen LogP) is 3.78. The number of carbonyl (C=O) groups is 2. The van der Waals surface area contributed by atoms with Crippen molar-refractivity contribution >= 4 is 71.3 Å². The monoisotopic (exact) mass is 554 g/mol. The van der Waals surface area contributed by atoms with Gasteiger partial charge in [-0.05, 0) is 66.7 Å². The van der Waals surface area contributed by atoms with Crippen LogP contribution in [0.1, 0.15) is 20.7 Å². The Morgan fingerprint density at radius 3 is 1.37 bits per heavy atom. The Morgan fingerprint density at radius 2 is 1.00 bits per heavy atom. The van der Waals surface area contributed by atoms with Crippen molar-refractivity contribution in [1.29, 1.82) is 0 Å². The first-order chi connectivity index (χ1) is 17.6. The van der Waals surface area contributed by atoms with Crippen molar-refractivity contribution in [3.05, 3.63) is 83.9 Å². The van der Waals surface area contributed by atoms with E-state index in [-0.39, 0.29) is 36.6 Å². The average Bonchev–Trinajstić information content (AvgIpc) is 3.61. The third kappa shape index (κ3) is 7.37. The van der Waals surface area contributed by atoms with Gasteiger partial charge in [-0.1, -0.05) is 6.07 Å². The molecule has 10 nitrogen and oxygen atoms in total. The molecule has 2 aliphatic rings. The van der Waals surface area contributed by atoms with Crippen LogP contribution in [0.25, 0.3) is 0 Å². The number of nitrogens with zero attached hydrogens (tertiary/aromatic N) is 2. The van der Waals surface area contributed by atoms with Gasteiger partial charge in [0.15, 0.2) is 11.9 Å². The van der Waals surface area contributed by atoms with Gasteiger partial charge in [0.1, 0.15) is 0 Å². The summed E-state index contributed by atoms with van der Waals surface area (Å²) in [4.78, 5) is 34.2. The summed E-state index contributed by atoms with van der Waals surface area (Å²) in [5, 5.41) is 18.4. The number of anilines is 4. The quantitative estimate of drug-likeness (QED) is 0.275. The molecule has 0 radical (unpaired) electrons. The summed E-state index contributed by atoms with van der Waals surface area (Å²) in [5.41, 5.74) is 3.81. The average molecular weight is 555 g/mol. The summed E-state index contributed by atoms with van der Waals surface area (Å²) in [6.45, 7) is 3.16. The number of nitrogens with one attached hydrogen (secondary N) is 6. The largest absolute Gasteiger partial charge is 0.354 e. The Balaban J connectivity index is 0.00000200. The number of carbonyl (C=O) groups excluding carboxylic acids is 2. The van der Waals surface area contributed by atoms with Crippen LogP contribution in [0.2, 0.25) is 0 Å². The molecule has 0 atom stereocenters. The number of benzene rings is 3. The second-order valence-electron chi connectivity index (χ2n) is 8.21. The second kappa shape index (κ2) is 13.3. The first-order valence-electron chi connectivity index (χ1n) is 11.7. The van der Waals surface area contributed by atoms with Gasteiger partial charge in [0.2, 0.25) is 0 Å². The number of rotatable bonds is 6. The van der Waals surface area contributed by atoms with Gasteiger partial charge in [-0.2, -0.15) is 0 Å². The Labute approximate surface area is 232 Å². The highest BCUT2D eigenvalue weighted by Gasteiger charge is 2.12. The van der Waals surface area contributed by atoms with Crippen molar-refractivity contribution in [1.82, 2.24) is 10.6 Å². The van der Waals surface area contributed by atoms with Crippen molar-refractivity contribution in [3.63, 3.8) is 0 Å². The highest BCUT2D eigenvalue weighted by Crippen LogP contribution is 2.17. The highest BCUT2D eigenvalue weighted by molar-refractivity contribution is 6.09. The number of aliphatic imine (C=N–C) groups is 2. The molecule has 0 bridgehead atoms. The fraction of sp³-hybridized carbons (Fsp3) is 0.154. The molecule has 2 heterocycles. The third-order valence-electron chi connectivity index (χ3n) is 5.55. The molecule has 3 aromatic rings. The van der Waals surface area contributed by atoms with E-state index in [0.717, 1.165) is 49.5 Å². The van der Waals surface area contributed by atoms with Gasteiger partial charge < -0.3 is 31.9 Å². The van der Waals surface area contributed by atoms with Gasteiger partial charge in [-0.25, -0.2) is 0 Å². The van der Waals surface area contributed by atoms with E-state index in [0.29, 0.717) is 22.5 Å². The van der Waals surface area contributed by atoms with E-state index in [2.05, 4.69) is 41.9 Å². The molecular formula is C26H28Cl2N8O2. The molecule has 0 aromatic heterocycles. The van der Waals surface area contributed by atoms with E-state index in [1.807, 2.05) is 24.3 Å². The summed E-state index contributed by atoms with van der Waals surface area (Å²) in [5.74, 6) is 0.883. The Hall–Kier alpha value is -4.28. The Kier molecular flexibility index (Phi) is 9.92. The number of hydrogen-bond donors (Lipinski definition) is 6. The lowest BCUT2D eigenvalue weighted by atomic mass is 10.1. The smallest absolute Gasteiger partial charge is 0.255 e. The van der Waals surface area contributed by atoms with Crippen LogP contribution in [0.15, 0.2) is 82.8 Å². The lowest BCUT2D eigenvalue weighted by Gasteiger charge is -2.10. The van der Waals surface area contributed by atoms with E-state index in [1.54, 1.807) is 48.5 Å². The van der Waals surface area contributed by atoms with Crippen LogP contribution in [-0.4, -0.2) is 49.9 Å². The molecule has 5 rings (SSSR count). The summed E-state index contributed by atoms with van der Waals surface area (Å²) < 4.78 is 0. The zero-order valence-corrected chi connectivity index (χ0v) is 21.9. The predicted molar refractivity (Wildman–Crippen MR) is 158 cm³/mol. The van der Waals surface area contributed by atoms with Crippen LogP contribution < -0.4 is 31.9 Å². The minimum atomic E-state index is -0.300. The molecule has 0 saturated carbocycles. The van der Waals surface area contributed by atoms with Crippen molar-refractivity contribution < 1.29 is 9.59 Å². The van der Waals surface area contributed by atoms with Crippen LogP contribution in [0, 0.1) is 0 Å². The molecule has 0 saturated heterocycles. The van der Waals surface area contributed by atoms with Crippen LogP contribution in [-0.2, 0) is 0 Å². The summed E-state index contributed by atoms with van der Waals surface area (Å²) in [6, 6.07) is 21.3. The van der Waals surface area contributed by atoms with Crippen LogP contribution >= 0.6 is 24.8 Å². The fourth-order valence-electron chi connectivity index (χ4n) is 3.72. The van der Waals surface area contributed by atoms with E-state index in [1.165, 1.54) is 0 Å². The molecule has 2 aliphatic heterocycles. The molecule has 12 heteroatoms. The summed E-state index contributed by atoms with van der Waals surface area (Å²) >= 11 is 0. The lowest BCUT2D eigenvalue weighted by molar-refractivity contribution is 0.102. The van der Waals surface area contributed by atoms with E-state index < -0.39 is 0 Å². The molecule has 2 amide bonds. The molecular weight excluding hydrogens is 527 g/mol. The van der Waals surface area contributed by atoms with Crippen LogP contribution in [0.5, 0.6) is 0 Å². The first-order valence-corrected chi connectivity index (χ1v) is 11.7. The molecule has 198 valence electrons. The third-order valence-corrected chi connectivity index (χ3v) is 5.55. The molecule has 3 aromatic carbocycles. The van der Waals surface area contributed by atoms with Crippen molar-refractivity contribution in [2.75, 3.05) is 47.4 Å². The van der Waals surface area contributed by atoms with Gasteiger partial charge >= 0.3 is 0 Å². The van der Waals surface area contributed by atoms with Crippen LogP contribution in [0.3, 0.4) is 0 Å². The Morgan fingerprint density at radius 1 is 0.605 bits per heavy atom. The van der Waals surface area contributed by atoms with Crippen LogP contribution in [0.4, 0.5) is 22.7 Å². The number of guanidine groups is 2. The SMILES string of the molecule is Cl.Cl.O=C(Nc1ccc(NC2=NCCN2)cc1)c1cccc(C(=O)Nc2ccc(NC3=NCCN3)cc2)c1. The molecule has 38 heavy (non-hydrogen) atoms. The summed E-state index contributed by atoms with van der Waals surface area (Å²) in [6.07, 6.45) is 0. The molecule has 0 unspecified atom stereocenters. The summed E-state index contributed by atoms with van der Waals surface area (Å²) in [7, 11) is 0. The number of halogens is 2. The maximum atomic E-state index is 12.8. The van der Waals surface area contributed by atoms with Gasteiger partial charge in [-0.15, -0.1) is 24.8 Å². The first kappa shape index (κ1) is 28.3. The second-order valence-corrected chi connectivity index (χ2v) is 8.21. The van der Waals surface area contributed by atoms with Crippen molar-refractivity contribution in [2.24, 2.45) is 9.98 Å². The standard InChI is InChI=1S/C26H26N8O2.2ClH/c35-23(31-19-4-8-21(9-5-19)33-25-27-12-13-28-25)17-2-1-3-18(16-17)24(36)32-20-6-10-22(11-7-20)34-26-29-14-15-30-26;;/h1-11,16H,12-15H2,(H,31,35)(H,32,36)(H2,27,28,33)(H2,29,30,34);2*1H. The molecule has 0 aliphatic carbocycles. The molecule has 0 spiro atoms. The van der Waals surface area contributed by atoms with E-state index in [4.69, 9.17) is 0 Å². The topological polar surface area (TPSA) is 131 Å². The van der Waals surface area contributed by atoms with Gasteiger partial charge in [0.25, 0.3) is 11.8 Å². The maximum Gasteiger partial charge on any atom is 0.255 e.